The van der Waals surface area contributed by atoms with Crippen LogP contribution in [0.1, 0.15) is 12.6 Å². The smallest absolute Gasteiger partial charge is 0.258 e. The van der Waals surface area contributed by atoms with Gasteiger partial charge in [0.15, 0.2) is 15.9 Å². The van der Waals surface area contributed by atoms with E-state index in [1.807, 2.05) is 41.8 Å². The van der Waals surface area contributed by atoms with Crippen LogP contribution in [0.25, 0.3) is 38.5 Å². The molecule has 7 nitrogen and oxygen atoms in total. The van der Waals surface area contributed by atoms with Gasteiger partial charge in [0.2, 0.25) is 0 Å². The molecule has 172 valence electrons. The Morgan fingerprint density at radius 2 is 1.80 bits per heavy atom. The number of rotatable bonds is 6. The van der Waals surface area contributed by atoms with Crippen LogP contribution in [-0.2, 0) is 12.3 Å². The molecule has 0 aliphatic heterocycles. The largest absolute Gasteiger partial charge is 0.302 e. The lowest BCUT2D eigenvalue weighted by atomic mass is 10.0. The molecule has 0 aliphatic rings. The normalized spacial score (nSPS) is 11.5. The SMILES string of the molecule is CCn1c(SCc2cc(=O)n3ccsc3n2)nnc1-c1cc(-c2ccccc2)nc2ccccc12. The van der Waals surface area contributed by atoms with E-state index in [1.165, 1.54) is 23.1 Å². The van der Waals surface area contributed by atoms with Crippen LogP contribution in [-0.4, -0.2) is 29.1 Å². The molecule has 0 saturated carbocycles. The predicted molar refractivity (Wildman–Crippen MR) is 141 cm³/mol. The number of hydrogen-bond donors (Lipinski definition) is 0. The number of fused-ring (bicyclic) bond motifs is 2. The molecule has 9 heteroatoms. The molecule has 0 fully saturated rings. The monoisotopic (exact) mass is 496 g/mol. The molecule has 0 spiro atoms. The minimum absolute atomic E-state index is 0.0683. The van der Waals surface area contributed by atoms with Crippen LogP contribution in [0.15, 0.2) is 88.3 Å². The van der Waals surface area contributed by atoms with Crippen molar-refractivity contribution in [2.75, 3.05) is 0 Å². The van der Waals surface area contributed by atoms with Crippen molar-refractivity contribution >= 4 is 39.0 Å². The van der Waals surface area contributed by atoms with E-state index < -0.39 is 0 Å². The Bertz CT molecular complexity index is 1720. The molecule has 0 amide bonds. The molecule has 0 saturated heterocycles. The van der Waals surface area contributed by atoms with E-state index in [9.17, 15) is 4.79 Å². The molecule has 0 atom stereocenters. The summed E-state index contributed by atoms with van der Waals surface area (Å²) >= 11 is 2.98. The van der Waals surface area contributed by atoms with Crippen molar-refractivity contribution < 1.29 is 0 Å². The maximum absolute atomic E-state index is 12.3. The minimum Gasteiger partial charge on any atom is -0.302 e. The Morgan fingerprint density at radius 3 is 2.66 bits per heavy atom. The zero-order valence-corrected chi connectivity index (χ0v) is 20.5. The summed E-state index contributed by atoms with van der Waals surface area (Å²) < 4.78 is 3.67. The van der Waals surface area contributed by atoms with Crippen LogP contribution >= 0.6 is 23.1 Å². The highest BCUT2D eigenvalue weighted by molar-refractivity contribution is 7.98. The molecular weight excluding hydrogens is 476 g/mol. The second kappa shape index (κ2) is 9.09. The van der Waals surface area contributed by atoms with Crippen molar-refractivity contribution in [2.45, 2.75) is 24.4 Å². The Balaban J connectivity index is 1.40. The van der Waals surface area contributed by atoms with E-state index in [-0.39, 0.29) is 5.56 Å². The first-order valence-corrected chi connectivity index (χ1v) is 13.0. The molecule has 4 aromatic heterocycles. The maximum atomic E-state index is 12.3. The van der Waals surface area contributed by atoms with E-state index in [4.69, 9.17) is 4.98 Å². The zero-order valence-electron chi connectivity index (χ0n) is 18.8. The molecule has 0 N–H and O–H groups in total. The molecule has 6 aromatic rings. The summed E-state index contributed by atoms with van der Waals surface area (Å²) in [7, 11) is 0. The van der Waals surface area contributed by atoms with Gasteiger partial charge < -0.3 is 4.57 Å². The highest BCUT2D eigenvalue weighted by Gasteiger charge is 2.18. The summed E-state index contributed by atoms with van der Waals surface area (Å²) in [6.07, 6.45) is 1.75. The maximum Gasteiger partial charge on any atom is 0.258 e. The van der Waals surface area contributed by atoms with Gasteiger partial charge in [0.1, 0.15) is 0 Å². The van der Waals surface area contributed by atoms with E-state index >= 15 is 0 Å². The molecule has 35 heavy (non-hydrogen) atoms. The van der Waals surface area contributed by atoms with Gasteiger partial charge in [-0.25, -0.2) is 9.97 Å². The molecule has 0 unspecified atom stereocenters. The Kier molecular flexibility index (Phi) is 5.63. The first-order chi connectivity index (χ1) is 17.2. The van der Waals surface area contributed by atoms with Crippen LogP contribution in [0.5, 0.6) is 0 Å². The van der Waals surface area contributed by atoms with Crippen molar-refractivity contribution in [1.82, 2.24) is 29.1 Å². The number of pyridine rings is 1. The third-order valence-corrected chi connectivity index (χ3v) is 7.52. The number of benzene rings is 2. The number of hydrogen-bond acceptors (Lipinski definition) is 7. The van der Waals surface area contributed by atoms with E-state index in [2.05, 4.69) is 50.9 Å². The Labute approximate surface area is 209 Å². The summed E-state index contributed by atoms with van der Waals surface area (Å²) in [6, 6.07) is 22.0. The number of thiazole rings is 1. The first kappa shape index (κ1) is 21.7. The van der Waals surface area contributed by atoms with Crippen LogP contribution in [0.4, 0.5) is 0 Å². The Hall–Kier alpha value is -3.82. The molecule has 2 aromatic carbocycles. The lowest BCUT2D eigenvalue weighted by molar-refractivity contribution is 0.687. The summed E-state index contributed by atoms with van der Waals surface area (Å²) in [5.41, 5.74) is 4.52. The summed E-state index contributed by atoms with van der Waals surface area (Å²) in [5, 5.41) is 12.8. The van der Waals surface area contributed by atoms with Gasteiger partial charge in [-0.3, -0.25) is 9.20 Å². The fraction of sp³-hybridized carbons (Fsp3) is 0.115. The van der Waals surface area contributed by atoms with Crippen LogP contribution < -0.4 is 5.56 Å². The number of para-hydroxylation sites is 1. The van der Waals surface area contributed by atoms with Crippen LogP contribution in [0.3, 0.4) is 0 Å². The van der Waals surface area contributed by atoms with Gasteiger partial charge in [0, 0.05) is 46.5 Å². The van der Waals surface area contributed by atoms with Crippen molar-refractivity contribution in [1.29, 1.82) is 0 Å². The van der Waals surface area contributed by atoms with Crippen LogP contribution in [0, 0.1) is 0 Å². The van der Waals surface area contributed by atoms with Crippen LogP contribution in [0.2, 0.25) is 0 Å². The van der Waals surface area contributed by atoms with Gasteiger partial charge in [0.05, 0.1) is 16.9 Å². The van der Waals surface area contributed by atoms with E-state index in [0.29, 0.717) is 17.3 Å². The highest BCUT2D eigenvalue weighted by Crippen LogP contribution is 2.33. The second-order valence-electron chi connectivity index (χ2n) is 7.92. The van der Waals surface area contributed by atoms with Gasteiger partial charge in [-0.05, 0) is 19.1 Å². The molecule has 0 bridgehead atoms. The number of aromatic nitrogens is 6. The van der Waals surface area contributed by atoms with Gasteiger partial charge >= 0.3 is 0 Å². The predicted octanol–water partition coefficient (Wildman–Crippen LogP) is 5.54. The van der Waals surface area contributed by atoms with E-state index in [1.54, 1.807) is 16.7 Å². The van der Waals surface area contributed by atoms with Crippen molar-refractivity contribution in [3.8, 4) is 22.6 Å². The third kappa shape index (κ3) is 4.02. The van der Waals surface area contributed by atoms with Gasteiger partial charge in [-0.2, -0.15) is 0 Å². The second-order valence-corrected chi connectivity index (χ2v) is 9.73. The average molecular weight is 497 g/mol. The van der Waals surface area contributed by atoms with Gasteiger partial charge in [-0.15, -0.1) is 21.5 Å². The average Bonchev–Trinajstić information content (AvgIpc) is 3.54. The highest BCUT2D eigenvalue weighted by atomic mass is 32.2. The molecule has 0 radical (unpaired) electrons. The number of thioether (sulfide) groups is 1. The summed E-state index contributed by atoms with van der Waals surface area (Å²) in [5.74, 6) is 1.33. The van der Waals surface area contributed by atoms with Crippen molar-refractivity contribution in [2.24, 2.45) is 0 Å². The standard InChI is InChI=1S/C26H20N6OS2/c1-2-31-24(29-30-26(31)35-16-18-14-23(33)32-12-13-34-25(32)27-18)20-15-22(17-8-4-3-5-9-17)28-21-11-7-6-10-19(20)21/h3-15H,2,16H2,1H3. The van der Waals surface area contributed by atoms with Gasteiger partial charge in [0.25, 0.3) is 5.56 Å². The van der Waals surface area contributed by atoms with E-state index in [0.717, 1.165) is 44.4 Å². The molecular formula is C26H20N6OS2. The van der Waals surface area contributed by atoms with Crippen molar-refractivity contribution in [3.05, 3.63) is 94.4 Å². The summed E-state index contributed by atoms with van der Waals surface area (Å²) in [4.78, 5) is 22.5. The molecule has 4 heterocycles. The molecule has 6 rings (SSSR count). The van der Waals surface area contributed by atoms with Crippen molar-refractivity contribution in [3.63, 3.8) is 0 Å². The van der Waals surface area contributed by atoms with Gasteiger partial charge in [-0.1, -0.05) is 60.3 Å². The fourth-order valence-electron chi connectivity index (χ4n) is 4.10. The third-order valence-electron chi connectivity index (χ3n) is 5.77. The lowest BCUT2D eigenvalue weighted by Gasteiger charge is -2.11. The lowest BCUT2D eigenvalue weighted by Crippen LogP contribution is -2.12. The molecule has 0 aliphatic carbocycles. The minimum atomic E-state index is -0.0683. The summed E-state index contributed by atoms with van der Waals surface area (Å²) in [6.45, 7) is 2.79. The topological polar surface area (TPSA) is 78.0 Å². The fourth-order valence-corrected chi connectivity index (χ4v) is 5.73. The Morgan fingerprint density at radius 1 is 0.971 bits per heavy atom. The first-order valence-electron chi connectivity index (χ1n) is 11.2. The zero-order chi connectivity index (χ0) is 23.8. The number of nitrogens with zero attached hydrogens (tertiary/aromatic N) is 6. The quantitative estimate of drug-likeness (QED) is 0.282.